The molecule has 3 N–H and O–H groups in total. The topological polar surface area (TPSA) is 195 Å². The lowest BCUT2D eigenvalue weighted by Gasteiger charge is -2.38. The van der Waals surface area contributed by atoms with Crippen molar-refractivity contribution < 1.29 is 41.8 Å². The summed E-state index contributed by atoms with van der Waals surface area (Å²) in [4.78, 5) is 66.6. The van der Waals surface area contributed by atoms with Gasteiger partial charge in [0.15, 0.2) is 0 Å². The van der Waals surface area contributed by atoms with Crippen molar-refractivity contribution in [2.75, 3.05) is 13.7 Å². The number of allylic oxidation sites excluding steroid dienone is 1. The van der Waals surface area contributed by atoms with E-state index in [1.54, 1.807) is 39.2 Å². The van der Waals surface area contributed by atoms with E-state index in [-0.39, 0.29) is 25.3 Å². The summed E-state index contributed by atoms with van der Waals surface area (Å²) >= 11 is 0. The number of hydrogen-bond donors (Lipinski definition) is 3. The molecule has 1 saturated heterocycles. The molecule has 7 rings (SSSR count). The van der Waals surface area contributed by atoms with Crippen molar-refractivity contribution >= 4 is 44.9 Å². The summed E-state index contributed by atoms with van der Waals surface area (Å²) in [5.41, 5.74) is -0.417. The lowest BCUT2D eigenvalue weighted by Crippen LogP contribution is -2.59. The molecule has 1 aromatic heterocycles. The van der Waals surface area contributed by atoms with Gasteiger partial charge in [-0.15, -0.1) is 0 Å². The van der Waals surface area contributed by atoms with Crippen LogP contribution >= 0.6 is 0 Å². The Labute approximate surface area is 315 Å². The molecular weight excluding hydrogens is 717 g/mol. The van der Waals surface area contributed by atoms with Crippen molar-refractivity contribution in [3.05, 3.63) is 36.0 Å². The Balaban J connectivity index is 1.18. The second-order valence-electron chi connectivity index (χ2n) is 16.1. The van der Waals surface area contributed by atoms with Gasteiger partial charge in [-0.2, -0.15) is 0 Å². The highest BCUT2D eigenvalue weighted by Crippen LogP contribution is 2.47. The average Bonchev–Trinajstić information content (AvgIpc) is 3.99. The number of fused-ring (bicyclic) bond motifs is 3. The Hall–Kier alpha value is -4.47. The van der Waals surface area contributed by atoms with Crippen LogP contribution in [-0.4, -0.2) is 94.8 Å². The SMILES string of the molecule is COc1ccc2nc(C)c(O[C@@H]3C[C@H]4C(=O)N[C@]5(C(=O)NS(=O)(=O)C6(C)CC6)C[C@H]5/C=C/CCCCC[C@H](NC(=O)OC5(C)CCC5)C(=O)N4C3)nc2c1. The van der Waals surface area contributed by atoms with Crippen molar-refractivity contribution in [2.45, 2.75) is 132 Å². The van der Waals surface area contributed by atoms with E-state index in [4.69, 9.17) is 14.2 Å². The number of amides is 4. The minimum Gasteiger partial charge on any atom is -0.497 e. The molecule has 3 saturated carbocycles. The maximum absolute atomic E-state index is 14.5. The van der Waals surface area contributed by atoms with E-state index in [0.717, 1.165) is 32.1 Å². The summed E-state index contributed by atoms with van der Waals surface area (Å²) in [6, 6.07) is 3.21. The maximum Gasteiger partial charge on any atom is 0.408 e. The number of aromatic nitrogens is 2. The van der Waals surface area contributed by atoms with Crippen LogP contribution in [0, 0.1) is 12.8 Å². The van der Waals surface area contributed by atoms with Crippen LogP contribution in [0.5, 0.6) is 11.6 Å². The summed E-state index contributed by atoms with van der Waals surface area (Å²) in [6.07, 6.45) is 9.19. The molecule has 1 aromatic carbocycles. The number of ether oxygens (including phenoxy) is 3. The number of nitrogens with one attached hydrogen (secondary N) is 3. The highest BCUT2D eigenvalue weighted by atomic mass is 32.2. The van der Waals surface area contributed by atoms with Gasteiger partial charge in [0.1, 0.15) is 40.8 Å². The third-order valence-corrected chi connectivity index (χ3v) is 14.0. The average molecular weight is 767 g/mol. The zero-order chi connectivity index (χ0) is 38.5. The highest BCUT2D eigenvalue weighted by Gasteiger charge is 2.63. The second-order valence-corrected chi connectivity index (χ2v) is 18.3. The largest absolute Gasteiger partial charge is 0.497 e. The van der Waals surface area contributed by atoms with Gasteiger partial charge in [0, 0.05) is 18.4 Å². The minimum atomic E-state index is -3.99. The molecule has 15 nitrogen and oxygen atoms in total. The van der Waals surface area contributed by atoms with E-state index in [9.17, 15) is 27.6 Å². The number of rotatable bonds is 8. The van der Waals surface area contributed by atoms with Crippen molar-refractivity contribution in [3.8, 4) is 11.6 Å². The molecular formula is C38H50N6O9S. The van der Waals surface area contributed by atoms with Crippen molar-refractivity contribution in [1.82, 2.24) is 30.2 Å². The molecule has 4 fully saturated rings. The van der Waals surface area contributed by atoms with E-state index >= 15 is 0 Å². The Morgan fingerprint density at radius 1 is 1.02 bits per heavy atom. The number of aryl methyl sites for hydroxylation is 1. The lowest BCUT2D eigenvalue weighted by molar-refractivity contribution is -0.141. The maximum atomic E-state index is 14.5. The molecule has 54 heavy (non-hydrogen) atoms. The normalized spacial score (nSPS) is 29.5. The Bertz CT molecular complexity index is 1980. The molecule has 5 aliphatic rings. The zero-order valence-corrected chi connectivity index (χ0v) is 32.1. The molecule has 3 aliphatic carbocycles. The van der Waals surface area contributed by atoms with Gasteiger partial charge in [-0.1, -0.05) is 25.0 Å². The van der Waals surface area contributed by atoms with Crippen molar-refractivity contribution in [2.24, 2.45) is 5.92 Å². The van der Waals surface area contributed by atoms with Crippen molar-refractivity contribution in [3.63, 3.8) is 0 Å². The predicted molar refractivity (Wildman–Crippen MR) is 197 cm³/mol. The molecule has 0 unspecified atom stereocenters. The molecule has 292 valence electrons. The smallest absolute Gasteiger partial charge is 0.408 e. The predicted octanol–water partition coefficient (Wildman–Crippen LogP) is 3.73. The van der Waals surface area contributed by atoms with Gasteiger partial charge in [-0.25, -0.2) is 23.2 Å². The lowest BCUT2D eigenvalue weighted by atomic mass is 9.82. The van der Waals surface area contributed by atoms with Gasteiger partial charge in [-0.05, 0) is 90.7 Å². The Morgan fingerprint density at radius 2 is 1.80 bits per heavy atom. The van der Waals surface area contributed by atoms with Crippen LogP contribution in [0.15, 0.2) is 30.4 Å². The third kappa shape index (κ3) is 7.58. The van der Waals surface area contributed by atoms with Crippen LogP contribution in [0.2, 0.25) is 0 Å². The van der Waals surface area contributed by atoms with E-state index in [1.165, 1.54) is 4.90 Å². The minimum absolute atomic E-state index is 0.0195. The first-order chi connectivity index (χ1) is 25.6. The number of alkyl carbamates (subject to hydrolysis) is 1. The van der Waals surface area contributed by atoms with Crippen LogP contribution in [-0.2, 0) is 29.1 Å². The number of carbonyl (C=O) groups excluding carboxylic acids is 4. The molecule has 4 amide bonds. The summed E-state index contributed by atoms with van der Waals surface area (Å²) in [7, 11) is -2.43. The van der Waals surface area contributed by atoms with Gasteiger partial charge < -0.3 is 29.7 Å². The third-order valence-electron chi connectivity index (χ3n) is 11.8. The van der Waals surface area contributed by atoms with Crippen LogP contribution < -0.4 is 24.8 Å². The molecule has 5 atom stereocenters. The first kappa shape index (κ1) is 37.8. The van der Waals surface area contributed by atoms with Gasteiger partial charge in [0.25, 0.3) is 5.91 Å². The molecule has 16 heteroatoms. The number of methoxy groups -OCH3 is 1. The monoisotopic (exact) mass is 766 g/mol. The molecule has 0 bridgehead atoms. The summed E-state index contributed by atoms with van der Waals surface area (Å²) in [5, 5.41) is 5.69. The fourth-order valence-corrected chi connectivity index (χ4v) is 8.93. The van der Waals surface area contributed by atoms with Crippen LogP contribution in [0.4, 0.5) is 4.79 Å². The van der Waals surface area contributed by atoms with Gasteiger partial charge in [0.05, 0.1) is 29.4 Å². The van der Waals surface area contributed by atoms with Gasteiger partial charge in [-0.3, -0.25) is 19.1 Å². The number of nitrogens with zero attached hydrogens (tertiary/aromatic N) is 3. The van der Waals surface area contributed by atoms with E-state index in [0.29, 0.717) is 54.6 Å². The summed E-state index contributed by atoms with van der Waals surface area (Å²) < 4.78 is 45.0. The first-order valence-corrected chi connectivity index (χ1v) is 20.5. The van der Waals surface area contributed by atoms with Crippen LogP contribution in [0.3, 0.4) is 0 Å². The fraction of sp³-hybridized carbons (Fsp3) is 0.632. The second kappa shape index (κ2) is 14.3. The summed E-state index contributed by atoms with van der Waals surface area (Å²) in [5.74, 6) is -1.52. The number of sulfonamides is 1. The number of benzene rings is 1. The van der Waals surface area contributed by atoms with Crippen LogP contribution in [0.1, 0.15) is 96.6 Å². The summed E-state index contributed by atoms with van der Waals surface area (Å²) in [6.45, 7) is 5.19. The number of hydrogen-bond acceptors (Lipinski definition) is 11. The zero-order valence-electron chi connectivity index (χ0n) is 31.3. The number of carbonyl (C=O) groups is 4. The Kier molecular flexibility index (Phi) is 10.0. The van der Waals surface area contributed by atoms with E-state index in [2.05, 4.69) is 25.3 Å². The van der Waals surface area contributed by atoms with Crippen LogP contribution in [0.25, 0.3) is 11.0 Å². The molecule has 3 heterocycles. The highest BCUT2D eigenvalue weighted by molar-refractivity contribution is 7.91. The molecule has 0 radical (unpaired) electrons. The van der Waals surface area contributed by atoms with Crippen molar-refractivity contribution in [1.29, 1.82) is 0 Å². The van der Waals surface area contributed by atoms with Gasteiger partial charge >= 0.3 is 6.09 Å². The first-order valence-electron chi connectivity index (χ1n) is 19.0. The standard InChI is InChI=1S/C38H50N6O9S/c1-23-32(40-29-19-25(51-4)13-14-27(29)39-23)52-26-20-30-31(45)42-38(34(47)43-54(49,50)37(3)17-18-37)21-24(38)11-8-6-5-7-9-12-28(33(46)44(30)22-26)41-35(48)53-36(2)15-10-16-36/h8,11,13-14,19,24,26,28,30H,5-7,9-10,12,15-18,20-22H2,1-4H3,(H,41,48)(H,42,45)(H,43,47)/b11-8+/t24-,26-,28+,30+,38-/m1/s1. The Morgan fingerprint density at radius 3 is 2.50 bits per heavy atom. The fourth-order valence-electron chi connectivity index (χ4n) is 7.62. The molecule has 2 aromatic rings. The van der Waals surface area contributed by atoms with Gasteiger partial charge in [0.2, 0.25) is 27.7 Å². The molecule has 0 spiro atoms. The molecule has 2 aliphatic heterocycles. The quantitative estimate of drug-likeness (QED) is 0.332. The van der Waals surface area contributed by atoms with E-state index < -0.39 is 73.8 Å². The van der Waals surface area contributed by atoms with E-state index in [1.807, 2.05) is 19.1 Å².